The van der Waals surface area contributed by atoms with Gasteiger partial charge >= 0.3 is 0 Å². The fourth-order valence-corrected chi connectivity index (χ4v) is 7.95. The number of nitrogens with two attached hydrogens (primary N) is 1. The highest BCUT2D eigenvalue weighted by atomic mass is 14.7. The SMILES string of the molecule is CCCCCCC(N)C1CCC2C1CCC1C2CC=C2CCCCC21C. The monoisotopic (exact) mass is 357 g/mol. The molecule has 26 heavy (non-hydrogen) atoms. The molecule has 148 valence electrons. The molecule has 4 rings (SSSR count). The van der Waals surface area contributed by atoms with Crippen LogP contribution in [0.1, 0.15) is 104 Å². The van der Waals surface area contributed by atoms with Crippen molar-refractivity contribution in [3.8, 4) is 0 Å². The first-order chi connectivity index (χ1) is 12.6. The Bertz CT molecular complexity index is 508. The van der Waals surface area contributed by atoms with Gasteiger partial charge in [-0.2, -0.15) is 0 Å². The summed E-state index contributed by atoms with van der Waals surface area (Å²) >= 11 is 0. The lowest BCUT2D eigenvalue weighted by Crippen LogP contribution is -2.47. The number of hydrogen-bond acceptors (Lipinski definition) is 1. The maximum Gasteiger partial charge on any atom is 0.00699 e. The van der Waals surface area contributed by atoms with Gasteiger partial charge in [0.05, 0.1) is 0 Å². The second kappa shape index (κ2) is 7.98. The van der Waals surface area contributed by atoms with E-state index < -0.39 is 0 Å². The van der Waals surface area contributed by atoms with E-state index in [9.17, 15) is 0 Å². The molecule has 1 heteroatoms. The van der Waals surface area contributed by atoms with Crippen molar-refractivity contribution < 1.29 is 0 Å². The number of hydrogen-bond donors (Lipinski definition) is 1. The molecule has 0 saturated heterocycles. The van der Waals surface area contributed by atoms with E-state index in [0.29, 0.717) is 11.5 Å². The first-order valence-corrected chi connectivity index (χ1v) is 12.1. The summed E-state index contributed by atoms with van der Waals surface area (Å²) in [5.74, 6) is 4.77. The zero-order chi connectivity index (χ0) is 18.1. The predicted octanol–water partition coefficient (Wildman–Crippen LogP) is 6.86. The van der Waals surface area contributed by atoms with Crippen LogP contribution in [0.5, 0.6) is 0 Å². The molecular formula is C25H43N. The summed E-state index contributed by atoms with van der Waals surface area (Å²) in [6, 6.07) is 0.485. The highest BCUT2D eigenvalue weighted by Crippen LogP contribution is 2.62. The number of allylic oxidation sites excluding steroid dienone is 2. The van der Waals surface area contributed by atoms with Gasteiger partial charge in [0.2, 0.25) is 0 Å². The van der Waals surface area contributed by atoms with Crippen LogP contribution in [0, 0.1) is 35.0 Å². The maximum absolute atomic E-state index is 6.76. The molecule has 0 spiro atoms. The molecule has 3 fully saturated rings. The van der Waals surface area contributed by atoms with Gasteiger partial charge in [-0.15, -0.1) is 0 Å². The Labute approximate surface area is 162 Å². The van der Waals surface area contributed by atoms with Crippen LogP contribution in [-0.4, -0.2) is 6.04 Å². The lowest BCUT2D eigenvalue weighted by Gasteiger charge is -2.55. The van der Waals surface area contributed by atoms with Gasteiger partial charge in [0.1, 0.15) is 0 Å². The molecular weight excluding hydrogens is 314 g/mol. The van der Waals surface area contributed by atoms with Gasteiger partial charge in [0.15, 0.2) is 0 Å². The summed E-state index contributed by atoms with van der Waals surface area (Å²) in [6.45, 7) is 4.94. The van der Waals surface area contributed by atoms with Gasteiger partial charge in [0.25, 0.3) is 0 Å². The van der Waals surface area contributed by atoms with Crippen molar-refractivity contribution in [2.75, 3.05) is 0 Å². The van der Waals surface area contributed by atoms with Crippen molar-refractivity contribution in [2.45, 2.75) is 110 Å². The zero-order valence-corrected chi connectivity index (χ0v) is 17.5. The van der Waals surface area contributed by atoms with Gasteiger partial charge in [0, 0.05) is 6.04 Å². The van der Waals surface area contributed by atoms with Gasteiger partial charge in [-0.05, 0) is 92.8 Å². The fourth-order valence-electron chi connectivity index (χ4n) is 7.95. The lowest BCUT2D eigenvalue weighted by atomic mass is 9.50. The van der Waals surface area contributed by atoms with Gasteiger partial charge in [-0.3, -0.25) is 0 Å². The van der Waals surface area contributed by atoms with E-state index in [2.05, 4.69) is 19.9 Å². The van der Waals surface area contributed by atoms with Crippen molar-refractivity contribution in [3.63, 3.8) is 0 Å². The molecule has 3 saturated carbocycles. The summed E-state index contributed by atoms with van der Waals surface area (Å²) in [7, 11) is 0. The molecule has 4 aliphatic carbocycles. The van der Waals surface area contributed by atoms with Gasteiger partial charge < -0.3 is 5.73 Å². The molecule has 0 aromatic carbocycles. The Balaban J connectivity index is 1.41. The molecule has 1 nitrogen and oxygen atoms in total. The first-order valence-electron chi connectivity index (χ1n) is 12.1. The summed E-state index contributed by atoms with van der Waals surface area (Å²) in [4.78, 5) is 0. The maximum atomic E-state index is 6.76. The fraction of sp³-hybridized carbons (Fsp3) is 0.920. The second-order valence-electron chi connectivity index (χ2n) is 10.5. The van der Waals surface area contributed by atoms with Gasteiger partial charge in [-0.1, -0.05) is 57.6 Å². The van der Waals surface area contributed by atoms with E-state index in [1.807, 2.05) is 5.57 Å². The normalized spacial score (nSPS) is 43.2. The molecule has 0 amide bonds. The third-order valence-corrected chi connectivity index (χ3v) is 9.33. The first kappa shape index (κ1) is 19.0. The van der Waals surface area contributed by atoms with Gasteiger partial charge in [-0.25, -0.2) is 0 Å². The molecule has 4 aliphatic rings. The summed E-state index contributed by atoms with van der Waals surface area (Å²) in [6.07, 6.45) is 22.6. The van der Waals surface area contributed by atoms with E-state index in [4.69, 9.17) is 5.73 Å². The van der Waals surface area contributed by atoms with Crippen LogP contribution in [0.3, 0.4) is 0 Å². The van der Waals surface area contributed by atoms with Crippen LogP contribution in [0.2, 0.25) is 0 Å². The Hall–Kier alpha value is -0.300. The van der Waals surface area contributed by atoms with Crippen LogP contribution in [0.15, 0.2) is 11.6 Å². The van der Waals surface area contributed by atoms with Crippen molar-refractivity contribution in [2.24, 2.45) is 40.7 Å². The van der Waals surface area contributed by atoms with E-state index in [1.165, 1.54) is 89.9 Å². The third-order valence-electron chi connectivity index (χ3n) is 9.33. The van der Waals surface area contributed by atoms with Crippen molar-refractivity contribution in [1.29, 1.82) is 0 Å². The minimum Gasteiger partial charge on any atom is -0.327 e. The Morgan fingerprint density at radius 1 is 1.04 bits per heavy atom. The molecule has 0 aromatic heterocycles. The molecule has 0 radical (unpaired) electrons. The van der Waals surface area contributed by atoms with Crippen LogP contribution in [0.4, 0.5) is 0 Å². The Morgan fingerprint density at radius 2 is 1.88 bits per heavy atom. The summed E-state index contributed by atoms with van der Waals surface area (Å²) in [5, 5.41) is 0. The van der Waals surface area contributed by atoms with Crippen molar-refractivity contribution in [1.82, 2.24) is 0 Å². The minimum absolute atomic E-state index is 0.485. The minimum atomic E-state index is 0.485. The van der Waals surface area contributed by atoms with E-state index >= 15 is 0 Å². The van der Waals surface area contributed by atoms with E-state index in [1.54, 1.807) is 0 Å². The zero-order valence-electron chi connectivity index (χ0n) is 17.5. The van der Waals surface area contributed by atoms with Crippen LogP contribution >= 0.6 is 0 Å². The molecule has 0 aliphatic heterocycles. The van der Waals surface area contributed by atoms with E-state index in [-0.39, 0.29) is 0 Å². The average molecular weight is 358 g/mol. The highest BCUT2D eigenvalue weighted by molar-refractivity contribution is 5.23. The molecule has 7 atom stereocenters. The molecule has 2 N–H and O–H groups in total. The molecule has 0 bridgehead atoms. The summed E-state index contributed by atoms with van der Waals surface area (Å²) in [5.41, 5.74) is 9.17. The molecule has 7 unspecified atom stereocenters. The lowest BCUT2D eigenvalue weighted by molar-refractivity contribution is 0.00335. The Morgan fingerprint density at radius 3 is 2.73 bits per heavy atom. The van der Waals surface area contributed by atoms with Crippen LogP contribution in [-0.2, 0) is 0 Å². The second-order valence-corrected chi connectivity index (χ2v) is 10.5. The average Bonchev–Trinajstić information content (AvgIpc) is 3.09. The number of fused-ring (bicyclic) bond motifs is 5. The van der Waals surface area contributed by atoms with Crippen molar-refractivity contribution >= 4 is 0 Å². The number of unbranched alkanes of at least 4 members (excludes halogenated alkanes) is 3. The molecule has 0 aromatic rings. The highest BCUT2D eigenvalue weighted by Gasteiger charge is 2.53. The predicted molar refractivity (Wildman–Crippen MR) is 112 cm³/mol. The van der Waals surface area contributed by atoms with Crippen molar-refractivity contribution in [3.05, 3.63) is 11.6 Å². The Kier molecular flexibility index (Phi) is 5.84. The van der Waals surface area contributed by atoms with Crippen LogP contribution in [0.25, 0.3) is 0 Å². The quantitative estimate of drug-likeness (QED) is 0.407. The number of rotatable bonds is 6. The van der Waals surface area contributed by atoms with Crippen LogP contribution < -0.4 is 5.73 Å². The smallest absolute Gasteiger partial charge is 0.00699 e. The topological polar surface area (TPSA) is 26.0 Å². The molecule has 0 heterocycles. The van der Waals surface area contributed by atoms with E-state index in [0.717, 1.165) is 29.6 Å². The summed E-state index contributed by atoms with van der Waals surface area (Å²) < 4.78 is 0. The standard InChI is InChI=1S/C25H43N/c1-3-4-5-6-10-24(26)22-14-13-19-20(22)15-16-23-21(19)12-11-18-9-7-8-17-25(18,23)2/h11,19-24H,3-10,12-17,26H2,1-2H3. The largest absolute Gasteiger partial charge is 0.327 e. The third kappa shape index (κ3) is 3.31.